The van der Waals surface area contributed by atoms with Gasteiger partial charge in [-0.1, -0.05) is 0 Å². The summed E-state index contributed by atoms with van der Waals surface area (Å²) in [7, 11) is 1.81. The Balaban J connectivity index is 1.33. The van der Waals surface area contributed by atoms with Crippen LogP contribution < -0.4 is 10.2 Å². The summed E-state index contributed by atoms with van der Waals surface area (Å²) in [4.78, 5) is 22.1. The maximum absolute atomic E-state index is 11.6. The molecule has 4 saturated carbocycles. The average molecular weight is 358 g/mol. The molecule has 5 rings (SSSR count). The van der Waals surface area contributed by atoms with Crippen LogP contribution >= 0.6 is 0 Å². The monoisotopic (exact) mass is 358 g/mol. The van der Waals surface area contributed by atoms with Crippen molar-refractivity contribution >= 4 is 11.9 Å². The quantitative estimate of drug-likeness (QED) is 0.756. The smallest absolute Gasteiger partial charge is 0.325 e. The summed E-state index contributed by atoms with van der Waals surface area (Å²) in [5.41, 5.74) is 1.46. The van der Waals surface area contributed by atoms with Gasteiger partial charge in [-0.3, -0.25) is 4.79 Å². The van der Waals surface area contributed by atoms with Gasteiger partial charge in [0, 0.05) is 37.1 Å². The second-order valence-electron chi connectivity index (χ2n) is 8.60. The van der Waals surface area contributed by atoms with Gasteiger partial charge in [0.1, 0.15) is 6.54 Å². The Bertz CT molecular complexity index is 610. The molecule has 0 amide bonds. The fourth-order valence-corrected chi connectivity index (χ4v) is 5.72. The van der Waals surface area contributed by atoms with E-state index in [9.17, 15) is 4.79 Å². The van der Waals surface area contributed by atoms with Gasteiger partial charge in [-0.2, -0.15) is 0 Å². The first-order valence-corrected chi connectivity index (χ1v) is 9.98. The number of carbonyl (C=O) groups is 1. The van der Waals surface area contributed by atoms with E-state index in [4.69, 9.17) is 4.74 Å². The SMILES string of the molecule is CCOC(=O)CN(C)c1ncc(CNC23CC4CC(CC(C4)C2)C3)cn1. The Kier molecular flexibility index (Phi) is 4.86. The zero-order valence-electron chi connectivity index (χ0n) is 15.9. The molecule has 0 aromatic carbocycles. The van der Waals surface area contributed by atoms with Crippen LogP contribution in [0.2, 0.25) is 0 Å². The van der Waals surface area contributed by atoms with Crippen LogP contribution in [-0.2, 0) is 16.1 Å². The minimum Gasteiger partial charge on any atom is -0.465 e. The molecule has 142 valence electrons. The summed E-state index contributed by atoms with van der Waals surface area (Å²) in [6.07, 6.45) is 12.2. The number of aromatic nitrogens is 2. The van der Waals surface area contributed by atoms with Crippen LogP contribution in [0, 0.1) is 17.8 Å². The number of nitrogens with one attached hydrogen (secondary N) is 1. The number of rotatable bonds is 7. The molecule has 1 aromatic heterocycles. The summed E-state index contributed by atoms with van der Waals surface area (Å²) in [5, 5.41) is 3.87. The summed E-state index contributed by atoms with van der Waals surface area (Å²) in [6, 6.07) is 0. The second kappa shape index (κ2) is 7.14. The molecular weight excluding hydrogens is 328 g/mol. The molecule has 0 saturated heterocycles. The Labute approximate surface area is 155 Å². The van der Waals surface area contributed by atoms with Crippen molar-refractivity contribution in [3.05, 3.63) is 18.0 Å². The highest BCUT2D eigenvalue weighted by Crippen LogP contribution is 2.55. The number of nitrogens with zero attached hydrogens (tertiary/aromatic N) is 3. The largest absolute Gasteiger partial charge is 0.465 e. The van der Waals surface area contributed by atoms with Crippen molar-refractivity contribution in [1.82, 2.24) is 15.3 Å². The van der Waals surface area contributed by atoms with Crippen molar-refractivity contribution in [3.63, 3.8) is 0 Å². The first-order chi connectivity index (χ1) is 12.5. The van der Waals surface area contributed by atoms with Crippen molar-refractivity contribution in [2.24, 2.45) is 17.8 Å². The zero-order valence-corrected chi connectivity index (χ0v) is 15.9. The summed E-state index contributed by atoms with van der Waals surface area (Å²) >= 11 is 0. The Morgan fingerprint density at radius 3 is 2.31 bits per heavy atom. The van der Waals surface area contributed by atoms with Gasteiger partial charge in [0.15, 0.2) is 0 Å². The third kappa shape index (κ3) is 3.70. The lowest BCUT2D eigenvalue weighted by atomic mass is 9.53. The molecule has 0 spiro atoms. The van der Waals surface area contributed by atoms with Gasteiger partial charge in [0.25, 0.3) is 0 Å². The molecule has 4 bridgehead atoms. The molecule has 4 fully saturated rings. The van der Waals surface area contributed by atoms with E-state index < -0.39 is 0 Å². The van der Waals surface area contributed by atoms with Gasteiger partial charge < -0.3 is 15.0 Å². The van der Waals surface area contributed by atoms with E-state index in [-0.39, 0.29) is 12.5 Å². The van der Waals surface area contributed by atoms with Crippen molar-refractivity contribution in [2.45, 2.75) is 57.5 Å². The standard InChI is InChI=1S/C20H30N4O2/c1-3-26-18(25)13-24(2)19-21-10-17(11-22-19)12-23-20-7-14-4-15(8-20)6-16(5-14)9-20/h10-11,14-16,23H,3-9,12-13H2,1-2H3. The second-order valence-corrected chi connectivity index (χ2v) is 8.60. The predicted molar refractivity (Wildman–Crippen MR) is 99.7 cm³/mol. The minimum atomic E-state index is -0.258. The molecule has 1 N–H and O–H groups in total. The van der Waals surface area contributed by atoms with Gasteiger partial charge in [-0.05, 0) is 63.2 Å². The summed E-state index contributed by atoms with van der Waals surface area (Å²) < 4.78 is 4.97. The molecule has 0 atom stereocenters. The van der Waals surface area contributed by atoms with Crippen LogP contribution in [0.3, 0.4) is 0 Å². The van der Waals surface area contributed by atoms with E-state index in [0.717, 1.165) is 29.9 Å². The van der Waals surface area contributed by atoms with E-state index in [0.29, 0.717) is 18.1 Å². The Morgan fingerprint density at radius 2 is 1.77 bits per heavy atom. The molecule has 26 heavy (non-hydrogen) atoms. The van der Waals surface area contributed by atoms with E-state index in [2.05, 4.69) is 15.3 Å². The van der Waals surface area contributed by atoms with Crippen LogP contribution in [0.15, 0.2) is 12.4 Å². The van der Waals surface area contributed by atoms with Crippen LogP contribution in [0.1, 0.15) is 51.0 Å². The summed E-state index contributed by atoms with van der Waals surface area (Å²) in [6.45, 7) is 3.19. The maximum atomic E-state index is 11.6. The Hall–Kier alpha value is -1.69. The number of ether oxygens (including phenoxy) is 1. The molecule has 1 aromatic rings. The highest BCUT2D eigenvalue weighted by Gasteiger charge is 2.50. The van der Waals surface area contributed by atoms with E-state index in [1.165, 1.54) is 38.5 Å². The molecule has 0 radical (unpaired) electrons. The molecule has 4 aliphatic carbocycles. The van der Waals surface area contributed by atoms with E-state index in [1.807, 2.05) is 12.4 Å². The van der Waals surface area contributed by atoms with Crippen LogP contribution in [0.5, 0.6) is 0 Å². The van der Waals surface area contributed by atoms with Gasteiger partial charge in [0.2, 0.25) is 5.95 Å². The normalized spacial score (nSPS) is 31.8. The van der Waals surface area contributed by atoms with Gasteiger partial charge in [-0.25, -0.2) is 9.97 Å². The number of likely N-dealkylation sites (N-methyl/N-ethyl adjacent to an activating group) is 1. The molecule has 1 heterocycles. The van der Waals surface area contributed by atoms with Crippen molar-refractivity contribution in [2.75, 3.05) is 25.1 Å². The van der Waals surface area contributed by atoms with Crippen molar-refractivity contribution < 1.29 is 9.53 Å². The number of esters is 1. The predicted octanol–water partition coefficient (Wildman–Crippen LogP) is 2.53. The fraction of sp³-hybridized carbons (Fsp3) is 0.750. The lowest BCUT2D eigenvalue weighted by molar-refractivity contribution is -0.141. The van der Waals surface area contributed by atoms with Gasteiger partial charge >= 0.3 is 5.97 Å². The van der Waals surface area contributed by atoms with Crippen LogP contribution in [-0.4, -0.2) is 41.7 Å². The lowest BCUT2D eigenvalue weighted by Gasteiger charge is -2.57. The fourth-order valence-electron chi connectivity index (χ4n) is 5.72. The molecule has 6 nitrogen and oxygen atoms in total. The molecule has 6 heteroatoms. The van der Waals surface area contributed by atoms with Gasteiger partial charge in [0.05, 0.1) is 6.61 Å². The highest BCUT2D eigenvalue weighted by atomic mass is 16.5. The molecular formula is C20H30N4O2. The molecule has 0 unspecified atom stereocenters. The first-order valence-electron chi connectivity index (χ1n) is 9.98. The first kappa shape index (κ1) is 17.7. The number of hydrogen-bond donors (Lipinski definition) is 1. The number of hydrogen-bond acceptors (Lipinski definition) is 6. The van der Waals surface area contributed by atoms with Crippen LogP contribution in [0.4, 0.5) is 5.95 Å². The third-order valence-electron chi connectivity index (χ3n) is 6.41. The zero-order chi connectivity index (χ0) is 18.1. The number of anilines is 1. The van der Waals surface area contributed by atoms with Crippen LogP contribution in [0.25, 0.3) is 0 Å². The van der Waals surface area contributed by atoms with E-state index >= 15 is 0 Å². The number of carbonyl (C=O) groups excluding carboxylic acids is 1. The average Bonchev–Trinajstić information content (AvgIpc) is 2.59. The lowest BCUT2D eigenvalue weighted by Crippen LogP contribution is -2.58. The maximum Gasteiger partial charge on any atom is 0.325 e. The Morgan fingerprint density at radius 1 is 1.19 bits per heavy atom. The third-order valence-corrected chi connectivity index (χ3v) is 6.41. The van der Waals surface area contributed by atoms with Crippen molar-refractivity contribution in [1.29, 1.82) is 0 Å². The summed E-state index contributed by atoms with van der Waals surface area (Å²) in [5.74, 6) is 3.14. The minimum absolute atomic E-state index is 0.165. The van der Waals surface area contributed by atoms with Gasteiger partial charge in [-0.15, -0.1) is 0 Å². The topological polar surface area (TPSA) is 67.3 Å². The van der Waals surface area contributed by atoms with Crippen molar-refractivity contribution in [3.8, 4) is 0 Å². The molecule has 0 aliphatic heterocycles. The highest BCUT2D eigenvalue weighted by molar-refractivity contribution is 5.74. The molecule has 4 aliphatic rings. The van der Waals surface area contributed by atoms with E-state index in [1.54, 1.807) is 18.9 Å².